The zero-order valence-corrected chi connectivity index (χ0v) is 15.6. The molecule has 10 heteroatoms. The standard InChI is InChI=1S/C19H18F3N5O2/c1-12-16(27-10-3-2-6-15(27)24-12)17(28)26-9-4-5-13(11-26)29-18-23-8-7-14(25-18)19(20,21)22/h2-3,6-8,10,13H,4-5,9,11H2,1H3. The molecule has 4 heterocycles. The highest BCUT2D eigenvalue weighted by molar-refractivity contribution is 5.94. The van der Waals surface area contributed by atoms with Crippen LogP contribution in [0, 0.1) is 6.92 Å². The van der Waals surface area contributed by atoms with Gasteiger partial charge in [-0.05, 0) is 38.0 Å². The third kappa shape index (κ3) is 3.87. The maximum Gasteiger partial charge on any atom is 0.433 e. The number of imidazole rings is 1. The number of aromatic nitrogens is 4. The summed E-state index contributed by atoms with van der Waals surface area (Å²) in [5.74, 6) is -0.195. The number of carbonyl (C=O) groups is 1. The third-order valence-corrected chi connectivity index (χ3v) is 4.77. The summed E-state index contributed by atoms with van der Waals surface area (Å²) in [4.78, 5) is 26.4. The van der Waals surface area contributed by atoms with Gasteiger partial charge in [0.2, 0.25) is 0 Å². The Morgan fingerprint density at radius 3 is 2.86 bits per heavy atom. The second-order valence-corrected chi connectivity index (χ2v) is 6.83. The molecule has 1 atom stereocenters. The van der Waals surface area contributed by atoms with Crippen LogP contribution in [0.5, 0.6) is 6.01 Å². The van der Waals surface area contributed by atoms with Gasteiger partial charge in [0.15, 0.2) is 5.69 Å². The second kappa shape index (κ2) is 7.34. The average molecular weight is 405 g/mol. The summed E-state index contributed by atoms with van der Waals surface area (Å²) in [5.41, 5.74) is 0.699. The van der Waals surface area contributed by atoms with Crippen molar-refractivity contribution in [2.45, 2.75) is 32.0 Å². The zero-order valence-electron chi connectivity index (χ0n) is 15.6. The van der Waals surface area contributed by atoms with E-state index in [1.54, 1.807) is 22.4 Å². The van der Waals surface area contributed by atoms with Gasteiger partial charge in [0.25, 0.3) is 5.91 Å². The maximum atomic E-state index is 13.1. The number of alkyl halides is 3. The summed E-state index contributed by atoms with van der Waals surface area (Å²) in [6, 6.07) is 5.92. The molecule has 1 saturated heterocycles. The van der Waals surface area contributed by atoms with Gasteiger partial charge in [0, 0.05) is 18.9 Å². The smallest absolute Gasteiger partial charge is 0.433 e. The molecule has 1 unspecified atom stereocenters. The Bertz CT molecular complexity index is 1050. The lowest BCUT2D eigenvalue weighted by atomic mass is 10.1. The Balaban J connectivity index is 1.51. The number of aryl methyl sites for hydroxylation is 1. The summed E-state index contributed by atoms with van der Waals surface area (Å²) in [6.45, 7) is 2.54. The molecule has 1 aliphatic heterocycles. The number of likely N-dealkylation sites (tertiary alicyclic amines) is 1. The van der Waals surface area contributed by atoms with Crippen LogP contribution in [0.4, 0.5) is 13.2 Å². The highest BCUT2D eigenvalue weighted by Crippen LogP contribution is 2.28. The van der Waals surface area contributed by atoms with Crippen LogP contribution in [-0.2, 0) is 6.18 Å². The molecule has 3 aromatic rings. The number of hydrogen-bond acceptors (Lipinski definition) is 5. The monoisotopic (exact) mass is 405 g/mol. The molecule has 0 aliphatic carbocycles. The number of amides is 1. The first-order valence-corrected chi connectivity index (χ1v) is 9.13. The van der Waals surface area contributed by atoms with E-state index in [0.717, 1.165) is 12.3 Å². The molecule has 0 spiro atoms. The van der Waals surface area contributed by atoms with E-state index >= 15 is 0 Å². The van der Waals surface area contributed by atoms with Crippen LogP contribution in [0.2, 0.25) is 0 Å². The van der Waals surface area contributed by atoms with E-state index < -0.39 is 18.0 Å². The number of fused-ring (bicyclic) bond motifs is 1. The fraction of sp³-hybridized carbons (Fsp3) is 0.368. The van der Waals surface area contributed by atoms with Gasteiger partial charge in [0.1, 0.15) is 17.4 Å². The molecule has 152 valence electrons. The Morgan fingerprint density at radius 2 is 2.07 bits per heavy atom. The minimum atomic E-state index is -4.57. The number of rotatable bonds is 3. The van der Waals surface area contributed by atoms with E-state index in [0.29, 0.717) is 36.4 Å². The third-order valence-electron chi connectivity index (χ3n) is 4.77. The second-order valence-electron chi connectivity index (χ2n) is 6.83. The molecular weight excluding hydrogens is 387 g/mol. The topological polar surface area (TPSA) is 72.6 Å². The van der Waals surface area contributed by atoms with Crippen LogP contribution in [-0.4, -0.2) is 49.4 Å². The van der Waals surface area contributed by atoms with E-state index in [1.165, 1.54) is 0 Å². The molecule has 0 saturated carbocycles. The minimum Gasteiger partial charge on any atom is -0.458 e. The Morgan fingerprint density at radius 1 is 1.24 bits per heavy atom. The lowest BCUT2D eigenvalue weighted by Gasteiger charge is -2.32. The largest absolute Gasteiger partial charge is 0.458 e. The summed E-state index contributed by atoms with van der Waals surface area (Å²) < 4.78 is 45.8. The molecule has 29 heavy (non-hydrogen) atoms. The molecule has 3 aromatic heterocycles. The number of hydrogen-bond donors (Lipinski definition) is 0. The Labute approximate surface area is 164 Å². The molecule has 0 aromatic carbocycles. The molecule has 0 N–H and O–H groups in total. The normalized spacial score (nSPS) is 17.5. The molecule has 1 fully saturated rings. The van der Waals surface area contributed by atoms with Crippen molar-refractivity contribution in [3.63, 3.8) is 0 Å². The number of pyridine rings is 1. The predicted molar refractivity (Wildman–Crippen MR) is 96.5 cm³/mol. The highest BCUT2D eigenvalue weighted by Gasteiger charge is 2.34. The van der Waals surface area contributed by atoms with Crippen molar-refractivity contribution >= 4 is 11.6 Å². The van der Waals surface area contributed by atoms with Crippen molar-refractivity contribution in [3.05, 3.63) is 53.7 Å². The van der Waals surface area contributed by atoms with Crippen molar-refractivity contribution in [2.75, 3.05) is 13.1 Å². The van der Waals surface area contributed by atoms with Crippen LogP contribution in [0.3, 0.4) is 0 Å². The van der Waals surface area contributed by atoms with Crippen molar-refractivity contribution in [3.8, 4) is 6.01 Å². The van der Waals surface area contributed by atoms with Gasteiger partial charge < -0.3 is 9.64 Å². The van der Waals surface area contributed by atoms with Crippen molar-refractivity contribution in [1.29, 1.82) is 0 Å². The van der Waals surface area contributed by atoms with Gasteiger partial charge in [-0.2, -0.15) is 18.2 Å². The van der Waals surface area contributed by atoms with E-state index in [4.69, 9.17) is 4.74 Å². The first kappa shape index (κ1) is 19.2. The number of halogens is 3. The molecule has 7 nitrogen and oxygen atoms in total. The first-order chi connectivity index (χ1) is 13.8. The quantitative estimate of drug-likeness (QED) is 0.670. The van der Waals surface area contributed by atoms with Gasteiger partial charge in [0.05, 0.1) is 12.2 Å². The molecule has 4 rings (SSSR count). The molecule has 0 radical (unpaired) electrons. The van der Waals surface area contributed by atoms with E-state index in [-0.39, 0.29) is 18.5 Å². The highest BCUT2D eigenvalue weighted by atomic mass is 19.4. The summed E-state index contributed by atoms with van der Waals surface area (Å²) in [5, 5.41) is 0. The molecular formula is C19H18F3N5O2. The van der Waals surface area contributed by atoms with E-state index in [1.807, 2.05) is 18.2 Å². The number of ether oxygens (including phenoxy) is 1. The van der Waals surface area contributed by atoms with Crippen molar-refractivity contribution in [1.82, 2.24) is 24.3 Å². The molecule has 0 bridgehead atoms. The van der Waals surface area contributed by atoms with Gasteiger partial charge >= 0.3 is 12.2 Å². The lowest BCUT2D eigenvalue weighted by Crippen LogP contribution is -2.45. The first-order valence-electron chi connectivity index (χ1n) is 9.13. The fourth-order valence-corrected chi connectivity index (χ4v) is 3.44. The van der Waals surface area contributed by atoms with Crippen LogP contribution < -0.4 is 4.74 Å². The van der Waals surface area contributed by atoms with Gasteiger partial charge in [-0.15, -0.1) is 0 Å². The molecule has 1 aliphatic rings. The molecule has 1 amide bonds. The number of piperidine rings is 1. The number of nitrogens with zero attached hydrogens (tertiary/aromatic N) is 5. The van der Waals surface area contributed by atoms with Gasteiger partial charge in [-0.1, -0.05) is 6.07 Å². The van der Waals surface area contributed by atoms with Crippen LogP contribution in [0.1, 0.15) is 34.7 Å². The van der Waals surface area contributed by atoms with E-state index in [2.05, 4.69) is 15.0 Å². The summed E-state index contributed by atoms with van der Waals surface area (Å²) in [7, 11) is 0. The van der Waals surface area contributed by atoms with Crippen LogP contribution in [0.15, 0.2) is 36.7 Å². The average Bonchev–Trinajstić information content (AvgIpc) is 3.03. The van der Waals surface area contributed by atoms with Crippen molar-refractivity contribution < 1.29 is 22.7 Å². The van der Waals surface area contributed by atoms with Gasteiger partial charge in [-0.25, -0.2) is 9.97 Å². The number of carbonyl (C=O) groups excluding carboxylic acids is 1. The minimum absolute atomic E-state index is 0.195. The van der Waals surface area contributed by atoms with Crippen LogP contribution >= 0.6 is 0 Å². The van der Waals surface area contributed by atoms with Crippen LogP contribution in [0.25, 0.3) is 5.65 Å². The maximum absolute atomic E-state index is 13.1. The SMILES string of the molecule is Cc1nc2ccccn2c1C(=O)N1CCCC(Oc2nccc(C(F)(F)F)n2)C1. The predicted octanol–water partition coefficient (Wildman–Crippen LogP) is 3.14. The zero-order chi connectivity index (χ0) is 20.6. The fourth-order valence-electron chi connectivity index (χ4n) is 3.44. The summed E-state index contributed by atoms with van der Waals surface area (Å²) >= 11 is 0. The van der Waals surface area contributed by atoms with Gasteiger partial charge in [-0.3, -0.25) is 9.20 Å². The summed E-state index contributed by atoms with van der Waals surface area (Å²) in [6.07, 6.45) is -1.03. The van der Waals surface area contributed by atoms with Crippen molar-refractivity contribution in [2.24, 2.45) is 0 Å². The Hall–Kier alpha value is -3.17. The Kier molecular flexibility index (Phi) is 4.85. The lowest BCUT2D eigenvalue weighted by molar-refractivity contribution is -0.141. The van der Waals surface area contributed by atoms with E-state index in [9.17, 15) is 18.0 Å².